The Bertz CT molecular complexity index is 568. The largest absolute Gasteiger partial charge is 0.496 e. The van der Waals surface area contributed by atoms with Gasteiger partial charge in [-0.05, 0) is 56.0 Å². The molecule has 1 aliphatic rings. The number of hydrogen-bond donors (Lipinski definition) is 2. The highest BCUT2D eigenvalue weighted by Gasteiger charge is 2.15. The first-order valence-corrected chi connectivity index (χ1v) is 8.36. The van der Waals surface area contributed by atoms with Crippen molar-refractivity contribution in [3.8, 4) is 5.75 Å². The molecule has 1 aromatic carbocycles. The first-order valence-electron chi connectivity index (χ1n) is 8.36. The van der Waals surface area contributed by atoms with Crippen LogP contribution in [0.15, 0.2) is 18.2 Å². The highest BCUT2D eigenvalue weighted by molar-refractivity contribution is 5.92. The summed E-state index contributed by atoms with van der Waals surface area (Å²) >= 11 is 0. The normalized spacial score (nSPS) is 14.9. The average molecular weight is 334 g/mol. The summed E-state index contributed by atoms with van der Waals surface area (Å²) in [6.07, 6.45) is 3.77. The van der Waals surface area contributed by atoms with Crippen molar-refractivity contribution in [2.24, 2.45) is 5.92 Å². The fourth-order valence-electron chi connectivity index (χ4n) is 2.93. The fraction of sp³-hybridized carbons (Fsp3) is 0.556. The molecule has 1 fully saturated rings. The van der Waals surface area contributed by atoms with Gasteiger partial charge in [0.15, 0.2) is 0 Å². The molecule has 132 valence electrons. The van der Waals surface area contributed by atoms with Crippen LogP contribution in [-0.2, 0) is 16.1 Å². The SMILES string of the molecule is COC(=O)c1cc(CNC(=O)CCC2CCNCC2)ccc1OC. The zero-order valence-electron chi connectivity index (χ0n) is 14.4. The number of hydrogen-bond acceptors (Lipinski definition) is 5. The monoisotopic (exact) mass is 334 g/mol. The van der Waals surface area contributed by atoms with Crippen molar-refractivity contribution in [1.29, 1.82) is 0 Å². The number of benzene rings is 1. The summed E-state index contributed by atoms with van der Waals surface area (Å²) in [5.41, 5.74) is 1.20. The number of rotatable bonds is 7. The predicted octanol–water partition coefficient (Wildman–Crippen LogP) is 1.88. The van der Waals surface area contributed by atoms with Crippen molar-refractivity contribution in [2.75, 3.05) is 27.3 Å². The molecule has 0 bridgehead atoms. The van der Waals surface area contributed by atoms with Crippen LogP contribution in [0.1, 0.15) is 41.6 Å². The van der Waals surface area contributed by atoms with Gasteiger partial charge in [0.2, 0.25) is 5.91 Å². The second kappa shape index (κ2) is 9.27. The Morgan fingerprint density at radius 2 is 2.00 bits per heavy atom. The number of esters is 1. The van der Waals surface area contributed by atoms with Crippen LogP contribution in [0.25, 0.3) is 0 Å². The number of amides is 1. The molecule has 1 aliphatic heterocycles. The molecule has 0 aliphatic carbocycles. The molecule has 6 nitrogen and oxygen atoms in total. The van der Waals surface area contributed by atoms with E-state index in [1.165, 1.54) is 14.2 Å². The molecule has 1 heterocycles. The van der Waals surface area contributed by atoms with Crippen LogP contribution in [0.5, 0.6) is 5.75 Å². The van der Waals surface area contributed by atoms with Gasteiger partial charge in [-0.15, -0.1) is 0 Å². The Balaban J connectivity index is 1.84. The molecule has 0 unspecified atom stereocenters. The van der Waals surface area contributed by atoms with E-state index in [-0.39, 0.29) is 5.91 Å². The third-order valence-electron chi connectivity index (χ3n) is 4.40. The van der Waals surface area contributed by atoms with Gasteiger partial charge >= 0.3 is 5.97 Å². The van der Waals surface area contributed by atoms with Crippen LogP contribution in [0, 0.1) is 5.92 Å². The van der Waals surface area contributed by atoms with Crippen molar-refractivity contribution in [1.82, 2.24) is 10.6 Å². The zero-order valence-corrected chi connectivity index (χ0v) is 14.4. The number of nitrogens with one attached hydrogen (secondary N) is 2. The molecule has 0 aromatic heterocycles. The van der Waals surface area contributed by atoms with Crippen molar-refractivity contribution in [3.05, 3.63) is 29.3 Å². The van der Waals surface area contributed by atoms with Gasteiger partial charge in [-0.3, -0.25) is 4.79 Å². The summed E-state index contributed by atoms with van der Waals surface area (Å²) in [5.74, 6) is 0.696. The van der Waals surface area contributed by atoms with Gasteiger partial charge in [0.05, 0.1) is 14.2 Å². The molecule has 1 amide bonds. The second-order valence-corrected chi connectivity index (χ2v) is 6.03. The Hall–Kier alpha value is -2.08. The van der Waals surface area contributed by atoms with Gasteiger partial charge < -0.3 is 20.1 Å². The van der Waals surface area contributed by atoms with E-state index in [1.807, 2.05) is 6.07 Å². The van der Waals surface area contributed by atoms with E-state index in [9.17, 15) is 9.59 Å². The van der Waals surface area contributed by atoms with Crippen LogP contribution in [0.3, 0.4) is 0 Å². The van der Waals surface area contributed by atoms with Gasteiger partial charge in [-0.2, -0.15) is 0 Å². The summed E-state index contributed by atoms with van der Waals surface area (Å²) in [7, 11) is 2.83. The minimum atomic E-state index is -0.453. The molecule has 6 heteroatoms. The quantitative estimate of drug-likeness (QED) is 0.745. The van der Waals surface area contributed by atoms with Gasteiger partial charge in [-0.25, -0.2) is 4.79 Å². The van der Waals surface area contributed by atoms with E-state index >= 15 is 0 Å². The summed E-state index contributed by atoms with van der Waals surface area (Å²) in [4.78, 5) is 23.8. The van der Waals surface area contributed by atoms with E-state index in [1.54, 1.807) is 12.1 Å². The highest BCUT2D eigenvalue weighted by atomic mass is 16.5. The fourth-order valence-corrected chi connectivity index (χ4v) is 2.93. The van der Waals surface area contributed by atoms with Crippen LogP contribution in [-0.4, -0.2) is 39.2 Å². The molecule has 0 saturated carbocycles. The first kappa shape index (κ1) is 18.3. The van der Waals surface area contributed by atoms with Crippen molar-refractivity contribution in [3.63, 3.8) is 0 Å². The Kier molecular flexibility index (Phi) is 7.06. The Morgan fingerprint density at radius 3 is 2.67 bits per heavy atom. The molecule has 24 heavy (non-hydrogen) atoms. The molecule has 2 N–H and O–H groups in total. The lowest BCUT2D eigenvalue weighted by Gasteiger charge is -2.22. The van der Waals surface area contributed by atoms with Crippen molar-refractivity contribution < 1.29 is 19.1 Å². The van der Waals surface area contributed by atoms with E-state index in [4.69, 9.17) is 9.47 Å². The topological polar surface area (TPSA) is 76.7 Å². The average Bonchev–Trinajstić information content (AvgIpc) is 2.64. The number of carbonyl (C=O) groups is 2. The number of methoxy groups -OCH3 is 2. The Labute approximate surface area is 142 Å². The summed E-state index contributed by atoms with van der Waals surface area (Å²) in [6, 6.07) is 5.24. The molecule has 2 rings (SSSR count). The summed E-state index contributed by atoms with van der Waals surface area (Å²) in [6.45, 7) is 2.49. The maximum absolute atomic E-state index is 12.0. The van der Waals surface area contributed by atoms with Gasteiger partial charge in [0.25, 0.3) is 0 Å². The lowest BCUT2D eigenvalue weighted by molar-refractivity contribution is -0.121. The van der Waals surface area contributed by atoms with Crippen LogP contribution < -0.4 is 15.4 Å². The third kappa shape index (κ3) is 5.23. The first-order chi connectivity index (χ1) is 11.6. The molecule has 0 radical (unpaired) electrons. The molecule has 1 saturated heterocycles. The van der Waals surface area contributed by atoms with E-state index in [2.05, 4.69) is 10.6 Å². The predicted molar refractivity (Wildman–Crippen MR) is 91.0 cm³/mol. The standard InChI is InChI=1S/C18H26N2O4/c1-23-16-5-3-14(11-15(16)18(22)24-2)12-20-17(21)6-4-13-7-9-19-10-8-13/h3,5,11,13,19H,4,6-10,12H2,1-2H3,(H,20,21). The lowest BCUT2D eigenvalue weighted by atomic mass is 9.93. The summed E-state index contributed by atoms with van der Waals surface area (Å²) < 4.78 is 9.92. The molecular weight excluding hydrogens is 308 g/mol. The van der Waals surface area contributed by atoms with E-state index in [0.717, 1.165) is 37.9 Å². The van der Waals surface area contributed by atoms with E-state index < -0.39 is 5.97 Å². The Morgan fingerprint density at radius 1 is 1.25 bits per heavy atom. The smallest absolute Gasteiger partial charge is 0.341 e. The molecular formula is C18H26N2O4. The number of piperidine rings is 1. The maximum Gasteiger partial charge on any atom is 0.341 e. The molecule has 1 aromatic rings. The summed E-state index contributed by atoms with van der Waals surface area (Å²) in [5, 5.41) is 6.24. The number of ether oxygens (including phenoxy) is 2. The maximum atomic E-state index is 12.0. The molecule has 0 atom stereocenters. The minimum absolute atomic E-state index is 0.0453. The van der Waals surface area contributed by atoms with Gasteiger partial charge in [0.1, 0.15) is 11.3 Å². The minimum Gasteiger partial charge on any atom is -0.496 e. The number of carbonyl (C=O) groups excluding carboxylic acids is 2. The van der Waals surface area contributed by atoms with Crippen molar-refractivity contribution in [2.45, 2.75) is 32.2 Å². The lowest BCUT2D eigenvalue weighted by Crippen LogP contribution is -2.29. The van der Waals surface area contributed by atoms with Crippen LogP contribution in [0.4, 0.5) is 0 Å². The highest BCUT2D eigenvalue weighted by Crippen LogP contribution is 2.21. The third-order valence-corrected chi connectivity index (χ3v) is 4.40. The molecule has 0 spiro atoms. The second-order valence-electron chi connectivity index (χ2n) is 6.03. The van der Waals surface area contributed by atoms with Gasteiger partial charge in [-0.1, -0.05) is 6.07 Å². The van der Waals surface area contributed by atoms with Crippen LogP contribution in [0.2, 0.25) is 0 Å². The van der Waals surface area contributed by atoms with E-state index in [0.29, 0.717) is 30.2 Å². The zero-order chi connectivity index (χ0) is 17.4. The van der Waals surface area contributed by atoms with Gasteiger partial charge in [0, 0.05) is 13.0 Å². The van der Waals surface area contributed by atoms with Crippen molar-refractivity contribution >= 4 is 11.9 Å². The van der Waals surface area contributed by atoms with Crippen LogP contribution >= 0.6 is 0 Å².